The number of esters is 1. The van der Waals surface area contributed by atoms with E-state index in [1.54, 1.807) is 11.8 Å². The lowest BCUT2D eigenvalue weighted by atomic mass is 9.65. The Bertz CT molecular complexity index is 783. The summed E-state index contributed by atoms with van der Waals surface area (Å²) in [5.41, 5.74) is 0.833. The molecule has 0 aromatic heterocycles. The van der Waals surface area contributed by atoms with Gasteiger partial charge in [0.25, 0.3) is 0 Å². The minimum absolute atomic E-state index is 0.0871. The van der Waals surface area contributed by atoms with Gasteiger partial charge < -0.3 is 13.9 Å². The number of amides is 1. The van der Waals surface area contributed by atoms with Gasteiger partial charge in [-0.05, 0) is 55.3 Å². The zero-order valence-electron chi connectivity index (χ0n) is 19.8. The second kappa shape index (κ2) is 8.94. The number of benzene rings is 1. The molecule has 7 heteroatoms. The molecule has 1 aromatic carbocycles. The third-order valence-electron chi connectivity index (χ3n) is 7.10. The summed E-state index contributed by atoms with van der Waals surface area (Å²) in [4.78, 5) is 27.1. The topological polar surface area (TPSA) is 65.1 Å². The molecule has 172 valence electrons. The van der Waals surface area contributed by atoms with Crippen LogP contribution in [0.2, 0.25) is 18.1 Å². The highest BCUT2D eigenvalue weighted by atomic mass is 28.4. The maximum absolute atomic E-state index is 12.9. The van der Waals surface area contributed by atoms with Gasteiger partial charge in [0.15, 0.2) is 8.32 Å². The van der Waals surface area contributed by atoms with Gasteiger partial charge in [0.1, 0.15) is 12.6 Å². The molecular formula is C24H37NO5Si. The Hall–Kier alpha value is -1.86. The monoisotopic (exact) mass is 447 g/mol. The molecule has 6 nitrogen and oxygen atoms in total. The highest BCUT2D eigenvalue weighted by Gasteiger charge is 2.57. The van der Waals surface area contributed by atoms with Gasteiger partial charge in [0, 0.05) is 12.6 Å². The van der Waals surface area contributed by atoms with Crippen molar-refractivity contribution < 1.29 is 23.5 Å². The van der Waals surface area contributed by atoms with Gasteiger partial charge in [0.05, 0.1) is 6.61 Å². The molecule has 1 saturated heterocycles. The number of carbonyl (C=O) groups excluding carboxylic acids is 2. The average molecular weight is 448 g/mol. The van der Waals surface area contributed by atoms with Crippen LogP contribution < -0.4 is 0 Å². The summed E-state index contributed by atoms with van der Waals surface area (Å²) in [5, 5.41) is 0.159. The fourth-order valence-electron chi connectivity index (χ4n) is 4.38. The molecule has 1 heterocycles. The van der Waals surface area contributed by atoms with E-state index in [-0.39, 0.29) is 29.1 Å². The Morgan fingerprint density at radius 3 is 2.32 bits per heavy atom. The average Bonchev–Trinajstić information content (AvgIpc) is 3.07. The number of rotatable bonds is 6. The quantitative estimate of drug-likeness (QED) is 0.447. The first-order valence-electron chi connectivity index (χ1n) is 11.3. The first kappa shape index (κ1) is 23.8. The van der Waals surface area contributed by atoms with E-state index in [1.165, 1.54) is 0 Å². The van der Waals surface area contributed by atoms with Crippen LogP contribution in [0.15, 0.2) is 30.3 Å². The first-order valence-corrected chi connectivity index (χ1v) is 14.2. The molecule has 0 bridgehead atoms. The molecule has 1 unspecified atom stereocenters. The summed E-state index contributed by atoms with van der Waals surface area (Å²) in [6.45, 7) is 14.0. The van der Waals surface area contributed by atoms with Crippen molar-refractivity contribution in [3.8, 4) is 0 Å². The number of hydrogen-bond acceptors (Lipinski definition) is 5. The molecule has 2 fully saturated rings. The Kier molecular flexibility index (Phi) is 6.86. The van der Waals surface area contributed by atoms with E-state index in [0.29, 0.717) is 19.6 Å². The molecule has 3 rings (SSSR count). The first-order chi connectivity index (χ1) is 14.5. The molecule has 1 amide bonds. The summed E-state index contributed by atoms with van der Waals surface area (Å²) in [6, 6.07) is 8.98. The summed E-state index contributed by atoms with van der Waals surface area (Å²) >= 11 is 0. The lowest BCUT2D eigenvalue weighted by Crippen LogP contribution is -2.52. The maximum atomic E-state index is 12.9. The van der Waals surface area contributed by atoms with Gasteiger partial charge in [0.2, 0.25) is 0 Å². The van der Waals surface area contributed by atoms with Crippen LogP contribution in [0.3, 0.4) is 0 Å². The number of nitrogens with zero attached hydrogens (tertiary/aromatic N) is 1. The van der Waals surface area contributed by atoms with Gasteiger partial charge in [-0.15, -0.1) is 0 Å². The third kappa shape index (κ3) is 5.31. The van der Waals surface area contributed by atoms with Crippen molar-refractivity contribution in [3.05, 3.63) is 35.9 Å². The predicted molar refractivity (Wildman–Crippen MR) is 122 cm³/mol. The highest BCUT2D eigenvalue weighted by molar-refractivity contribution is 6.74. The van der Waals surface area contributed by atoms with Crippen molar-refractivity contribution in [3.63, 3.8) is 0 Å². The lowest BCUT2D eigenvalue weighted by Gasteiger charge is -2.49. The van der Waals surface area contributed by atoms with Crippen molar-refractivity contribution in [1.82, 2.24) is 4.90 Å². The van der Waals surface area contributed by atoms with Crippen molar-refractivity contribution >= 4 is 20.4 Å². The summed E-state index contributed by atoms with van der Waals surface area (Å²) in [5.74, 6) is -0.343. The second-order valence-electron chi connectivity index (χ2n) is 10.5. The molecule has 2 aliphatic rings. The second-order valence-corrected chi connectivity index (χ2v) is 15.3. The zero-order chi connectivity index (χ0) is 22.9. The van der Waals surface area contributed by atoms with Gasteiger partial charge in [-0.25, -0.2) is 9.59 Å². The third-order valence-corrected chi connectivity index (χ3v) is 11.6. The molecule has 1 spiro atoms. The van der Waals surface area contributed by atoms with Crippen LogP contribution in [0.5, 0.6) is 0 Å². The SMILES string of the molecule is CCOC(=O)C1CC2(CC(O[Si](C)(C)C(C)(C)C)C2)CN1C(=O)OCc1ccccc1. The number of likely N-dealkylation sites (tertiary alicyclic amines) is 1. The van der Waals surface area contributed by atoms with Crippen LogP contribution >= 0.6 is 0 Å². The largest absolute Gasteiger partial charge is 0.464 e. The zero-order valence-corrected chi connectivity index (χ0v) is 20.8. The molecule has 1 aliphatic heterocycles. The summed E-state index contributed by atoms with van der Waals surface area (Å²) in [6.07, 6.45) is 2.11. The molecule has 1 aliphatic carbocycles. The molecule has 0 radical (unpaired) electrons. The minimum Gasteiger partial charge on any atom is -0.464 e. The van der Waals surface area contributed by atoms with E-state index >= 15 is 0 Å². The minimum atomic E-state index is -1.84. The van der Waals surface area contributed by atoms with Crippen molar-refractivity contribution in [2.75, 3.05) is 13.2 Å². The normalized spacial score (nSPS) is 25.9. The van der Waals surface area contributed by atoms with Crippen molar-refractivity contribution in [2.45, 2.75) is 83.8 Å². The van der Waals surface area contributed by atoms with Crippen LogP contribution in [-0.4, -0.2) is 50.6 Å². The highest BCUT2D eigenvalue weighted by Crippen LogP contribution is 2.53. The van der Waals surface area contributed by atoms with Gasteiger partial charge in [-0.3, -0.25) is 4.90 Å². The Balaban J connectivity index is 1.64. The van der Waals surface area contributed by atoms with E-state index in [2.05, 4.69) is 33.9 Å². The van der Waals surface area contributed by atoms with Crippen LogP contribution in [0, 0.1) is 5.41 Å². The molecule has 31 heavy (non-hydrogen) atoms. The fraction of sp³-hybridized carbons (Fsp3) is 0.667. The number of carbonyl (C=O) groups is 2. The molecule has 0 N–H and O–H groups in total. The van der Waals surface area contributed by atoms with Crippen LogP contribution in [0.4, 0.5) is 4.79 Å². The molecule has 1 atom stereocenters. The Morgan fingerprint density at radius 1 is 1.10 bits per heavy atom. The Morgan fingerprint density at radius 2 is 1.74 bits per heavy atom. The van der Waals surface area contributed by atoms with Crippen molar-refractivity contribution in [1.29, 1.82) is 0 Å². The Labute approximate surface area is 187 Å². The summed E-state index contributed by atoms with van der Waals surface area (Å²) < 4.78 is 17.4. The van der Waals surface area contributed by atoms with Gasteiger partial charge in [-0.2, -0.15) is 0 Å². The van der Waals surface area contributed by atoms with E-state index in [1.807, 2.05) is 30.3 Å². The fourth-order valence-corrected chi connectivity index (χ4v) is 5.73. The predicted octanol–water partition coefficient (Wildman–Crippen LogP) is 5.13. The van der Waals surface area contributed by atoms with E-state index < -0.39 is 20.5 Å². The molecular weight excluding hydrogens is 410 g/mol. The van der Waals surface area contributed by atoms with Crippen LogP contribution in [0.25, 0.3) is 0 Å². The number of hydrogen-bond donors (Lipinski definition) is 0. The van der Waals surface area contributed by atoms with Crippen molar-refractivity contribution in [2.24, 2.45) is 5.41 Å². The van der Waals surface area contributed by atoms with E-state index in [4.69, 9.17) is 13.9 Å². The maximum Gasteiger partial charge on any atom is 0.410 e. The lowest BCUT2D eigenvalue weighted by molar-refractivity contribution is -0.148. The van der Waals surface area contributed by atoms with Crippen LogP contribution in [-0.2, 0) is 25.3 Å². The van der Waals surface area contributed by atoms with Gasteiger partial charge in [-0.1, -0.05) is 51.1 Å². The standard InChI is InChI=1S/C24H37NO5Si/c1-7-28-21(26)20-15-24(13-19(14-24)30-31(5,6)23(2,3)4)17-25(20)22(27)29-16-18-11-9-8-10-12-18/h8-12,19-20H,7,13-17H2,1-6H3. The molecule has 1 aromatic rings. The summed E-state index contributed by atoms with van der Waals surface area (Å²) in [7, 11) is -1.84. The number of ether oxygens (including phenoxy) is 2. The molecule has 1 saturated carbocycles. The van der Waals surface area contributed by atoms with Crippen LogP contribution in [0.1, 0.15) is 52.5 Å². The van der Waals surface area contributed by atoms with Gasteiger partial charge >= 0.3 is 12.1 Å². The van der Waals surface area contributed by atoms with E-state index in [0.717, 1.165) is 18.4 Å². The smallest absolute Gasteiger partial charge is 0.410 e. The van der Waals surface area contributed by atoms with E-state index in [9.17, 15) is 9.59 Å².